The van der Waals surface area contributed by atoms with E-state index in [-0.39, 0.29) is 6.04 Å². The molecule has 0 spiro atoms. The van der Waals surface area contributed by atoms with E-state index in [1.807, 2.05) is 0 Å². The molecule has 2 nitrogen and oxygen atoms in total. The molecule has 14 heavy (non-hydrogen) atoms. The first-order valence-corrected chi connectivity index (χ1v) is 5.42. The van der Waals surface area contributed by atoms with Gasteiger partial charge in [-0.2, -0.15) is 0 Å². The average molecular weight is 194 g/mol. The lowest BCUT2D eigenvalue weighted by atomic mass is 10.1. The molecular weight excluding hydrogens is 172 g/mol. The molecule has 2 N–H and O–H groups in total. The third-order valence-electron chi connectivity index (χ3n) is 2.64. The summed E-state index contributed by atoms with van der Waals surface area (Å²) in [6.45, 7) is 11.4. The van der Waals surface area contributed by atoms with Crippen LogP contribution in [0.3, 0.4) is 0 Å². The highest BCUT2D eigenvalue weighted by atomic mass is 15.1. The number of likely N-dealkylation sites (N-methyl/N-ethyl adjacent to an activating group) is 1. The molecule has 0 aromatic heterocycles. The normalized spacial score (nSPS) is 26.0. The molecule has 1 aliphatic rings. The predicted molar refractivity (Wildman–Crippen MR) is 62.2 cm³/mol. The van der Waals surface area contributed by atoms with Crippen LogP contribution < -0.4 is 5.73 Å². The zero-order valence-corrected chi connectivity index (χ0v) is 9.37. The van der Waals surface area contributed by atoms with Crippen molar-refractivity contribution < 1.29 is 0 Å². The molecule has 0 saturated heterocycles. The van der Waals surface area contributed by atoms with Gasteiger partial charge >= 0.3 is 0 Å². The van der Waals surface area contributed by atoms with Gasteiger partial charge in [-0.1, -0.05) is 31.2 Å². The van der Waals surface area contributed by atoms with Gasteiger partial charge in [0.25, 0.3) is 0 Å². The molecule has 1 rings (SSSR count). The summed E-state index contributed by atoms with van der Waals surface area (Å²) in [6.07, 6.45) is 5.48. The van der Waals surface area contributed by atoms with Crippen molar-refractivity contribution in [2.45, 2.75) is 26.3 Å². The maximum atomic E-state index is 5.82. The summed E-state index contributed by atoms with van der Waals surface area (Å²) >= 11 is 0. The van der Waals surface area contributed by atoms with Gasteiger partial charge in [0.1, 0.15) is 0 Å². The fourth-order valence-corrected chi connectivity index (χ4v) is 1.96. The first-order valence-electron chi connectivity index (χ1n) is 5.42. The standard InChI is InChI=1S/C12H22N2/c1-4-14(8-10(2)3)9-11-5-6-12(13)7-11/h5-6,11-12H,2,4,7-9,13H2,1,3H3. The van der Waals surface area contributed by atoms with Gasteiger partial charge in [-0.05, 0) is 25.8 Å². The first kappa shape index (κ1) is 11.5. The maximum Gasteiger partial charge on any atom is 0.0229 e. The second kappa shape index (κ2) is 5.32. The Balaban J connectivity index is 2.33. The van der Waals surface area contributed by atoms with E-state index in [1.54, 1.807) is 0 Å². The Kier molecular flexibility index (Phi) is 4.36. The first-order chi connectivity index (χ1) is 6.61. The highest BCUT2D eigenvalue weighted by Gasteiger charge is 2.17. The van der Waals surface area contributed by atoms with Crippen molar-refractivity contribution in [1.29, 1.82) is 0 Å². The summed E-state index contributed by atoms with van der Waals surface area (Å²) < 4.78 is 0. The SMILES string of the molecule is C=C(C)CN(CC)CC1C=CC(N)C1. The molecule has 0 saturated carbocycles. The smallest absolute Gasteiger partial charge is 0.0229 e. The van der Waals surface area contributed by atoms with E-state index >= 15 is 0 Å². The molecule has 2 unspecified atom stereocenters. The van der Waals surface area contributed by atoms with Crippen molar-refractivity contribution in [3.63, 3.8) is 0 Å². The van der Waals surface area contributed by atoms with Crippen molar-refractivity contribution in [1.82, 2.24) is 4.90 Å². The van der Waals surface area contributed by atoms with E-state index in [2.05, 4.69) is 37.5 Å². The van der Waals surface area contributed by atoms with E-state index in [1.165, 1.54) is 5.57 Å². The lowest BCUT2D eigenvalue weighted by Gasteiger charge is -2.23. The molecule has 0 aliphatic heterocycles. The van der Waals surface area contributed by atoms with E-state index in [4.69, 9.17) is 5.73 Å². The molecule has 1 aliphatic carbocycles. The number of nitrogens with two attached hydrogens (primary N) is 1. The van der Waals surface area contributed by atoms with Crippen molar-refractivity contribution in [3.8, 4) is 0 Å². The predicted octanol–water partition coefficient (Wildman–Crippen LogP) is 1.79. The fraction of sp³-hybridized carbons (Fsp3) is 0.667. The summed E-state index contributed by atoms with van der Waals surface area (Å²) in [5.74, 6) is 0.643. The largest absolute Gasteiger partial charge is 0.324 e. The van der Waals surface area contributed by atoms with Crippen LogP contribution in [0.4, 0.5) is 0 Å². The Bertz CT molecular complexity index is 220. The molecule has 2 heteroatoms. The fourth-order valence-electron chi connectivity index (χ4n) is 1.96. The van der Waals surface area contributed by atoms with Gasteiger partial charge in [0.2, 0.25) is 0 Å². The van der Waals surface area contributed by atoms with Gasteiger partial charge in [0, 0.05) is 19.1 Å². The lowest BCUT2D eigenvalue weighted by molar-refractivity contribution is 0.277. The Labute approximate surface area is 87.5 Å². The van der Waals surface area contributed by atoms with Gasteiger partial charge in [0.15, 0.2) is 0 Å². The van der Waals surface area contributed by atoms with Crippen LogP contribution in [0.5, 0.6) is 0 Å². The van der Waals surface area contributed by atoms with Gasteiger partial charge in [-0.15, -0.1) is 0 Å². The molecule has 0 fully saturated rings. The zero-order valence-electron chi connectivity index (χ0n) is 9.37. The maximum absolute atomic E-state index is 5.82. The minimum Gasteiger partial charge on any atom is -0.324 e. The monoisotopic (exact) mass is 194 g/mol. The second-order valence-corrected chi connectivity index (χ2v) is 4.33. The van der Waals surface area contributed by atoms with E-state index in [9.17, 15) is 0 Å². The second-order valence-electron chi connectivity index (χ2n) is 4.33. The van der Waals surface area contributed by atoms with Gasteiger partial charge in [-0.3, -0.25) is 4.90 Å². The Morgan fingerprint density at radius 1 is 1.57 bits per heavy atom. The molecule has 0 amide bonds. The van der Waals surface area contributed by atoms with Crippen LogP contribution >= 0.6 is 0 Å². The van der Waals surface area contributed by atoms with Crippen molar-refractivity contribution >= 4 is 0 Å². The number of nitrogens with zero attached hydrogens (tertiary/aromatic N) is 1. The molecule has 0 bridgehead atoms. The summed E-state index contributed by atoms with van der Waals surface area (Å²) in [4.78, 5) is 2.43. The lowest BCUT2D eigenvalue weighted by Crippen LogP contribution is -2.30. The van der Waals surface area contributed by atoms with Crippen LogP contribution in [0.2, 0.25) is 0 Å². The van der Waals surface area contributed by atoms with Crippen molar-refractivity contribution in [2.75, 3.05) is 19.6 Å². The third-order valence-corrected chi connectivity index (χ3v) is 2.64. The number of rotatable bonds is 5. The molecule has 0 heterocycles. The van der Waals surface area contributed by atoms with Crippen LogP contribution in [0.15, 0.2) is 24.3 Å². The zero-order chi connectivity index (χ0) is 10.6. The minimum atomic E-state index is 0.281. The van der Waals surface area contributed by atoms with E-state index < -0.39 is 0 Å². The van der Waals surface area contributed by atoms with Crippen LogP contribution in [0.1, 0.15) is 20.3 Å². The topological polar surface area (TPSA) is 29.3 Å². The van der Waals surface area contributed by atoms with Crippen molar-refractivity contribution in [2.24, 2.45) is 11.7 Å². The van der Waals surface area contributed by atoms with Crippen LogP contribution in [0, 0.1) is 5.92 Å². The summed E-state index contributed by atoms with van der Waals surface area (Å²) in [6, 6.07) is 0.281. The molecule has 0 radical (unpaired) electrons. The van der Waals surface area contributed by atoms with E-state index in [0.717, 1.165) is 26.1 Å². The summed E-state index contributed by atoms with van der Waals surface area (Å²) in [5, 5.41) is 0. The molecule has 0 aromatic rings. The van der Waals surface area contributed by atoms with E-state index in [0.29, 0.717) is 5.92 Å². The molecule has 2 atom stereocenters. The quantitative estimate of drug-likeness (QED) is 0.676. The Morgan fingerprint density at radius 2 is 2.29 bits per heavy atom. The molecule has 0 aromatic carbocycles. The van der Waals surface area contributed by atoms with Gasteiger partial charge in [-0.25, -0.2) is 0 Å². The number of hydrogen-bond donors (Lipinski definition) is 1. The highest BCUT2D eigenvalue weighted by Crippen LogP contribution is 2.17. The molecular formula is C12H22N2. The number of hydrogen-bond acceptors (Lipinski definition) is 2. The average Bonchev–Trinajstić information content (AvgIpc) is 2.49. The van der Waals surface area contributed by atoms with Crippen LogP contribution in [0.25, 0.3) is 0 Å². The van der Waals surface area contributed by atoms with Gasteiger partial charge < -0.3 is 5.73 Å². The molecule has 80 valence electrons. The van der Waals surface area contributed by atoms with Crippen LogP contribution in [-0.2, 0) is 0 Å². The highest BCUT2D eigenvalue weighted by molar-refractivity contribution is 5.05. The van der Waals surface area contributed by atoms with Crippen LogP contribution in [-0.4, -0.2) is 30.6 Å². The third kappa shape index (κ3) is 3.64. The minimum absolute atomic E-state index is 0.281. The Hall–Kier alpha value is -0.600. The Morgan fingerprint density at radius 3 is 2.71 bits per heavy atom. The van der Waals surface area contributed by atoms with Gasteiger partial charge in [0.05, 0.1) is 0 Å². The summed E-state index contributed by atoms with van der Waals surface area (Å²) in [5.41, 5.74) is 7.06. The summed E-state index contributed by atoms with van der Waals surface area (Å²) in [7, 11) is 0. The van der Waals surface area contributed by atoms with Crippen molar-refractivity contribution in [3.05, 3.63) is 24.3 Å².